The lowest BCUT2D eigenvalue weighted by Gasteiger charge is -2.36. The molecule has 2 N–H and O–H groups in total. The summed E-state index contributed by atoms with van der Waals surface area (Å²) in [4.78, 5) is 31.6. The summed E-state index contributed by atoms with van der Waals surface area (Å²) in [5, 5.41) is 41.0. The summed E-state index contributed by atoms with van der Waals surface area (Å²) in [5.41, 5.74) is -21.9. The van der Waals surface area contributed by atoms with E-state index in [0.717, 1.165) is 0 Å². The summed E-state index contributed by atoms with van der Waals surface area (Å²) in [6.45, 7) is 0. The lowest BCUT2D eigenvalue weighted by molar-refractivity contribution is -0.394. The zero-order valence-electron chi connectivity index (χ0n) is 18.7. The van der Waals surface area contributed by atoms with Gasteiger partial charge in [-0.15, -0.1) is 0 Å². The Labute approximate surface area is 215 Å². The fourth-order valence-electron chi connectivity index (χ4n) is 3.14. The first-order valence-electron chi connectivity index (χ1n) is 9.72. The predicted molar refractivity (Wildman–Crippen MR) is 103 cm³/mol. The van der Waals surface area contributed by atoms with Gasteiger partial charge in [-0.25, -0.2) is 4.79 Å². The Balaban J connectivity index is 2.94. The van der Waals surface area contributed by atoms with Crippen molar-refractivity contribution in [1.82, 2.24) is 0 Å². The van der Waals surface area contributed by atoms with E-state index in [1.54, 1.807) is 0 Å². The maximum Gasteiger partial charge on any atom is 0.430 e. The van der Waals surface area contributed by atoms with E-state index in [1.807, 2.05) is 0 Å². The van der Waals surface area contributed by atoms with Crippen LogP contribution < -0.4 is 4.74 Å². The Kier molecular flexibility index (Phi) is 8.06. The lowest BCUT2D eigenvalue weighted by Crippen LogP contribution is -2.55. The van der Waals surface area contributed by atoms with E-state index in [9.17, 15) is 87.9 Å². The van der Waals surface area contributed by atoms with Crippen LogP contribution in [0.4, 0.5) is 64.1 Å². The van der Waals surface area contributed by atoms with Crippen LogP contribution in [0.1, 0.15) is 21.5 Å². The number of hydrogen-bond donors (Lipinski definition) is 2. The standard InChI is InChI=1S/C19H8F12N2O8/c20-16(21,22)14(35,17(23,24)25)8-3-9(15(36,18(26,27)28)19(29,30)31)5-12(4-8)41-13(34)7-1-10(32(37)38)6-11(2-7)33(39)40/h1-6,35-36H. The number of non-ortho nitro benzene ring substituents is 2. The van der Waals surface area contributed by atoms with Gasteiger partial charge in [0, 0.05) is 23.3 Å². The van der Waals surface area contributed by atoms with Gasteiger partial charge in [0.1, 0.15) is 5.75 Å². The quantitative estimate of drug-likeness (QED) is 0.144. The molecule has 2 aromatic rings. The number of nitro benzene ring substituents is 2. The monoisotopic (exact) mass is 620 g/mol. The van der Waals surface area contributed by atoms with Crippen LogP contribution in [0.15, 0.2) is 36.4 Å². The number of carbonyl (C=O) groups is 1. The number of aliphatic hydroxyl groups is 2. The molecule has 0 heterocycles. The Bertz CT molecular complexity index is 1270. The first-order valence-corrected chi connectivity index (χ1v) is 9.72. The van der Waals surface area contributed by atoms with Gasteiger partial charge in [-0.05, 0) is 18.2 Å². The average Bonchev–Trinajstić information content (AvgIpc) is 2.79. The second-order valence-electron chi connectivity index (χ2n) is 7.80. The van der Waals surface area contributed by atoms with Crippen LogP contribution >= 0.6 is 0 Å². The van der Waals surface area contributed by atoms with Gasteiger partial charge in [-0.3, -0.25) is 20.2 Å². The summed E-state index contributed by atoms with van der Waals surface area (Å²) in [6.07, 6.45) is -27.6. The molecule has 0 bridgehead atoms. The summed E-state index contributed by atoms with van der Waals surface area (Å²) < 4.78 is 165. The van der Waals surface area contributed by atoms with E-state index in [2.05, 4.69) is 4.74 Å². The zero-order valence-corrected chi connectivity index (χ0v) is 18.7. The molecule has 0 spiro atoms. The molecular weight excluding hydrogens is 612 g/mol. The van der Waals surface area contributed by atoms with Crippen LogP contribution in [0, 0.1) is 20.2 Å². The number of nitrogens with zero attached hydrogens (tertiary/aromatic N) is 2. The molecule has 0 radical (unpaired) electrons. The first kappa shape index (κ1) is 33.0. The van der Waals surface area contributed by atoms with E-state index in [1.165, 1.54) is 0 Å². The highest BCUT2D eigenvalue weighted by Gasteiger charge is 2.74. The molecule has 2 aromatic carbocycles. The minimum Gasteiger partial charge on any atom is -0.423 e. The number of carbonyl (C=O) groups excluding carboxylic acids is 1. The third kappa shape index (κ3) is 5.82. The number of hydrogen-bond acceptors (Lipinski definition) is 8. The van der Waals surface area contributed by atoms with Crippen molar-refractivity contribution in [3.63, 3.8) is 0 Å². The number of esters is 1. The van der Waals surface area contributed by atoms with Gasteiger partial charge in [0.25, 0.3) is 22.6 Å². The highest BCUT2D eigenvalue weighted by atomic mass is 19.4. The molecule has 0 unspecified atom stereocenters. The van der Waals surface area contributed by atoms with Gasteiger partial charge < -0.3 is 14.9 Å². The van der Waals surface area contributed by atoms with Crippen LogP contribution in [0.3, 0.4) is 0 Å². The van der Waals surface area contributed by atoms with Gasteiger partial charge in [0.2, 0.25) is 0 Å². The molecule has 0 atom stereocenters. The molecule has 0 aliphatic carbocycles. The molecular formula is C19H8F12N2O8. The normalized spacial score (nSPS) is 13.6. The molecule has 0 aliphatic heterocycles. The smallest absolute Gasteiger partial charge is 0.423 e. The largest absolute Gasteiger partial charge is 0.430 e. The van der Waals surface area contributed by atoms with Crippen molar-refractivity contribution < 1.29 is 82.3 Å². The van der Waals surface area contributed by atoms with Crippen LogP contribution in [-0.4, -0.2) is 50.7 Å². The Morgan fingerprint density at radius 3 is 1.20 bits per heavy atom. The average molecular weight is 620 g/mol. The van der Waals surface area contributed by atoms with Crippen LogP contribution in [0.5, 0.6) is 5.75 Å². The predicted octanol–water partition coefficient (Wildman–Crippen LogP) is 5.35. The highest BCUT2D eigenvalue weighted by Crippen LogP contribution is 2.54. The molecule has 41 heavy (non-hydrogen) atoms. The number of nitro groups is 2. The third-order valence-electron chi connectivity index (χ3n) is 5.15. The highest BCUT2D eigenvalue weighted by molar-refractivity contribution is 5.92. The minimum atomic E-state index is -6.90. The van der Waals surface area contributed by atoms with Crippen molar-refractivity contribution in [2.24, 2.45) is 0 Å². The molecule has 22 heteroatoms. The van der Waals surface area contributed by atoms with Crippen molar-refractivity contribution >= 4 is 17.3 Å². The molecule has 0 saturated heterocycles. The van der Waals surface area contributed by atoms with Gasteiger partial charge >= 0.3 is 30.7 Å². The Hall–Kier alpha value is -4.21. The van der Waals surface area contributed by atoms with Gasteiger partial charge in [-0.2, -0.15) is 52.7 Å². The molecule has 0 amide bonds. The van der Waals surface area contributed by atoms with Crippen molar-refractivity contribution in [1.29, 1.82) is 0 Å². The molecule has 226 valence electrons. The van der Waals surface area contributed by atoms with Crippen molar-refractivity contribution in [2.45, 2.75) is 35.9 Å². The van der Waals surface area contributed by atoms with Crippen LogP contribution in [0.25, 0.3) is 0 Å². The van der Waals surface area contributed by atoms with Crippen LogP contribution in [0.2, 0.25) is 0 Å². The summed E-state index contributed by atoms with van der Waals surface area (Å²) >= 11 is 0. The lowest BCUT2D eigenvalue weighted by atomic mass is 9.85. The van der Waals surface area contributed by atoms with E-state index in [4.69, 9.17) is 0 Å². The Morgan fingerprint density at radius 2 is 0.927 bits per heavy atom. The number of ether oxygens (including phenoxy) is 1. The molecule has 0 aromatic heterocycles. The second kappa shape index (κ2) is 10.0. The van der Waals surface area contributed by atoms with Crippen LogP contribution in [-0.2, 0) is 11.2 Å². The fourth-order valence-corrected chi connectivity index (χ4v) is 3.14. The number of rotatable bonds is 6. The fraction of sp³-hybridized carbons (Fsp3) is 0.316. The second-order valence-corrected chi connectivity index (χ2v) is 7.80. The van der Waals surface area contributed by atoms with E-state index < -0.39 is 104 Å². The summed E-state index contributed by atoms with van der Waals surface area (Å²) in [6, 6.07) is -1.84. The van der Waals surface area contributed by atoms with Gasteiger partial charge in [-0.1, -0.05) is 0 Å². The topological polar surface area (TPSA) is 153 Å². The van der Waals surface area contributed by atoms with Crippen molar-refractivity contribution in [3.8, 4) is 5.75 Å². The van der Waals surface area contributed by atoms with Crippen molar-refractivity contribution in [2.75, 3.05) is 0 Å². The number of alkyl halides is 12. The van der Waals surface area contributed by atoms with E-state index in [-0.39, 0.29) is 18.2 Å². The zero-order chi connectivity index (χ0) is 32.1. The number of benzene rings is 2. The molecule has 0 saturated carbocycles. The maximum absolute atomic E-state index is 13.4. The summed E-state index contributed by atoms with van der Waals surface area (Å²) in [5.74, 6) is -4.22. The first-order chi connectivity index (χ1) is 18.2. The van der Waals surface area contributed by atoms with Gasteiger partial charge in [0.05, 0.1) is 21.5 Å². The number of halogens is 12. The SMILES string of the molecule is O=C(Oc1cc(C(O)(C(F)(F)F)C(F)(F)F)cc(C(O)(C(F)(F)F)C(F)(F)F)c1)c1cc([N+](=O)[O-])cc([N+](=O)[O-])c1. The van der Waals surface area contributed by atoms with Gasteiger partial charge in [0.15, 0.2) is 0 Å². The maximum atomic E-state index is 13.4. The molecule has 0 fully saturated rings. The summed E-state index contributed by atoms with van der Waals surface area (Å²) in [7, 11) is 0. The molecule has 2 rings (SSSR count). The minimum absolute atomic E-state index is 0.184. The van der Waals surface area contributed by atoms with E-state index >= 15 is 0 Å². The third-order valence-corrected chi connectivity index (χ3v) is 5.15. The molecule has 0 aliphatic rings. The Morgan fingerprint density at radius 1 is 0.610 bits per heavy atom. The van der Waals surface area contributed by atoms with E-state index in [0.29, 0.717) is 0 Å². The molecule has 10 nitrogen and oxygen atoms in total. The van der Waals surface area contributed by atoms with Crippen molar-refractivity contribution in [3.05, 3.63) is 73.3 Å².